The van der Waals surface area contributed by atoms with Gasteiger partial charge in [0.25, 0.3) is 0 Å². The Morgan fingerprint density at radius 2 is 1.16 bits per heavy atom. The van der Waals surface area contributed by atoms with Gasteiger partial charge in [-0.1, -0.05) is 103 Å². The molecule has 4 nitrogen and oxygen atoms in total. The quantitative estimate of drug-likeness (QED) is 0.187. The maximum absolute atomic E-state index is 15.1. The number of hydrogen-bond acceptors (Lipinski definition) is 3. The van der Waals surface area contributed by atoms with E-state index in [1.54, 1.807) is 12.1 Å². The smallest absolute Gasteiger partial charge is 0.197 e. The molecule has 44 heavy (non-hydrogen) atoms. The van der Waals surface area contributed by atoms with Gasteiger partial charge in [-0.2, -0.15) is 0 Å². The number of nitrogens with zero attached hydrogens (tertiary/aromatic N) is 4. The summed E-state index contributed by atoms with van der Waals surface area (Å²) < 4.78 is 15.1. The van der Waals surface area contributed by atoms with Gasteiger partial charge in [0.2, 0.25) is 0 Å². The van der Waals surface area contributed by atoms with Crippen molar-refractivity contribution in [3.8, 4) is 33.8 Å². The molecule has 208 valence electrons. The van der Waals surface area contributed by atoms with E-state index in [9.17, 15) is 0 Å². The first-order valence-electron chi connectivity index (χ1n) is 14.2. The summed E-state index contributed by atoms with van der Waals surface area (Å²) in [5.41, 5.74) is 7.46. The van der Waals surface area contributed by atoms with Gasteiger partial charge in [0.05, 0.1) is 17.8 Å². The Morgan fingerprint density at radius 3 is 1.89 bits per heavy atom. The van der Waals surface area contributed by atoms with Crippen LogP contribution in [-0.4, -0.2) is 9.97 Å². The van der Waals surface area contributed by atoms with E-state index in [1.165, 1.54) is 6.07 Å². The van der Waals surface area contributed by atoms with Crippen molar-refractivity contribution in [2.45, 2.75) is 0 Å². The average Bonchev–Trinajstić information content (AvgIpc) is 3.09. The SMILES string of the molecule is [C-]#[N+]c1cccc(F)c1-c1cccc(N(c2ccccc2)c2ccc3c(-c4ccccc4)nc(-c4ccccc4)nc3c2)c1. The Hall–Kier alpha value is -6.12. The largest absolute Gasteiger partial charge is 0.310 e. The monoisotopic (exact) mass is 568 g/mol. The highest BCUT2D eigenvalue weighted by Gasteiger charge is 2.18. The molecule has 0 saturated carbocycles. The van der Waals surface area contributed by atoms with E-state index in [2.05, 4.69) is 40.1 Å². The van der Waals surface area contributed by atoms with E-state index in [0.29, 0.717) is 17.0 Å². The van der Waals surface area contributed by atoms with Gasteiger partial charge >= 0.3 is 0 Å². The Bertz CT molecular complexity index is 2140. The Morgan fingerprint density at radius 1 is 0.545 bits per heavy atom. The summed E-state index contributed by atoms with van der Waals surface area (Å²) in [6, 6.07) is 48.6. The van der Waals surface area contributed by atoms with Crippen LogP contribution in [-0.2, 0) is 0 Å². The summed E-state index contributed by atoms with van der Waals surface area (Å²) in [6.45, 7) is 7.61. The standard InChI is InChI=1S/C39H25FN4/c1-41-35-22-12-21-34(40)37(35)29-17-11-20-31(25-29)44(30-18-9-4-10-19-30)32-23-24-33-36(26-32)42-39(28-15-7-3-8-16-28)43-38(33)27-13-5-2-6-14-27/h2-26H. The molecular weight excluding hydrogens is 543 g/mol. The van der Waals surface area contributed by atoms with Gasteiger partial charge in [-0.3, -0.25) is 0 Å². The van der Waals surface area contributed by atoms with E-state index in [0.717, 1.165) is 44.8 Å². The van der Waals surface area contributed by atoms with Crippen LogP contribution in [0.2, 0.25) is 0 Å². The van der Waals surface area contributed by atoms with Crippen molar-refractivity contribution >= 4 is 33.7 Å². The lowest BCUT2D eigenvalue weighted by molar-refractivity contribution is 0.632. The normalized spacial score (nSPS) is 10.8. The average molecular weight is 569 g/mol. The number of hydrogen-bond donors (Lipinski definition) is 0. The zero-order chi connectivity index (χ0) is 29.9. The number of fused-ring (bicyclic) bond motifs is 1. The van der Waals surface area contributed by atoms with Crippen molar-refractivity contribution in [3.05, 3.63) is 169 Å². The van der Waals surface area contributed by atoms with Gasteiger partial charge < -0.3 is 4.90 Å². The fourth-order valence-corrected chi connectivity index (χ4v) is 5.51. The first-order valence-corrected chi connectivity index (χ1v) is 14.2. The highest BCUT2D eigenvalue weighted by molar-refractivity contribution is 5.97. The molecular formula is C39H25FN4. The molecule has 0 fully saturated rings. The predicted octanol–water partition coefficient (Wildman–Crippen LogP) is 10.8. The van der Waals surface area contributed by atoms with Crippen LogP contribution in [0.4, 0.5) is 27.1 Å². The van der Waals surface area contributed by atoms with E-state index >= 15 is 4.39 Å². The Labute approximate surface area is 255 Å². The van der Waals surface area contributed by atoms with Crippen molar-refractivity contribution < 1.29 is 4.39 Å². The topological polar surface area (TPSA) is 33.4 Å². The summed E-state index contributed by atoms with van der Waals surface area (Å²) in [7, 11) is 0. The zero-order valence-corrected chi connectivity index (χ0v) is 23.6. The fourth-order valence-electron chi connectivity index (χ4n) is 5.51. The number of rotatable bonds is 6. The van der Waals surface area contributed by atoms with Gasteiger partial charge in [-0.25, -0.2) is 19.2 Å². The van der Waals surface area contributed by atoms with Crippen LogP contribution < -0.4 is 4.90 Å². The van der Waals surface area contributed by atoms with E-state index in [-0.39, 0.29) is 5.69 Å². The molecule has 0 saturated heterocycles. The van der Waals surface area contributed by atoms with Crippen LogP contribution in [0.25, 0.3) is 49.5 Å². The third-order valence-corrected chi connectivity index (χ3v) is 7.54. The molecule has 7 aromatic rings. The van der Waals surface area contributed by atoms with E-state index in [4.69, 9.17) is 16.5 Å². The van der Waals surface area contributed by atoms with Crippen LogP contribution in [0.15, 0.2) is 152 Å². The lowest BCUT2D eigenvalue weighted by atomic mass is 10.0. The van der Waals surface area contributed by atoms with Crippen molar-refractivity contribution in [3.63, 3.8) is 0 Å². The molecule has 5 heteroatoms. The van der Waals surface area contributed by atoms with E-state index in [1.807, 2.05) is 103 Å². The third kappa shape index (κ3) is 5.06. The second kappa shape index (κ2) is 11.6. The highest BCUT2D eigenvalue weighted by Crippen LogP contribution is 2.41. The number of benzene rings is 6. The third-order valence-electron chi connectivity index (χ3n) is 7.54. The minimum atomic E-state index is -0.425. The van der Waals surface area contributed by atoms with Crippen molar-refractivity contribution in [1.29, 1.82) is 0 Å². The number of para-hydroxylation sites is 1. The highest BCUT2D eigenvalue weighted by atomic mass is 19.1. The number of aromatic nitrogens is 2. The number of halogens is 1. The summed E-state index contributed by atoms with van der Waals surface area (Å²) in [6.07, 6.45) is 0. The van der Waals surface area contributed by atoms with Gasteiger partial charge in [0.15, 0.2) is 11.5 Å². The van der Waals surface area contributed by atoms with Crippen LogP contribution in [0, 0.1) is 12.4 Å². The first-order chi connectivity index (χ1) is 21.7. The number of anilines is 3. The second-order valence-electron chi connectivity index (χ2n) is 10.3. The molecule has 0 bridgehead atoms. The molecule has 0 aliphatic rings. The minimum absolute atomic E-state index is 0.276. The Balaban J connectivity index is 1.44. The summed E-state index contributed by atoms with van der Waals surface area (Å²) in [4.78, 5) is 15.8. The molecule has 0 aliphatic heterocycles. The van der Waals surface area contributed by atoms with Crippen LogP contribution in [0.3, 0.4) is 0 Å². The molecule has 1 aromatic heterocycles. The fraction of sp³-hybridized carbons (Fsp3) is 0. The summed E-state index contributed by atoms with van der Waals surface area (Å²) in [5, 5.41) is 0.939. The lowest BCUT2D eigenvalue weighted by Crippen LogP contribution is -2.10. The summed E-state index contributed by atoms with van der Waals surface area (Å²) in [5.74, 6) is 0.222. The van der Waals surface area contributed by atoms with Gasteiger partial charge in [-0.15, -0.1) is 0 Å². The molecule has 0 amide bonds. The zero-order valence-electron chi connectivity index (χ0n) is 23.6. The molecule has 6 aromatic carbocycles. The molecule has 0 spiro atoms. The van der Waals surface area contributed by atoms with Crippen molar-refractivity contribution in [2.24, 2.45) is 0 Å². The Kier molecular flexibility index (Phi) is 7.08. The maximum atomic E-state index is 15.1. The van der Waals surface area contributed by atoms with Crippen LogP contribution in [0.1, 0.15) is 0 Å². The minimum Gasteiger partial charge on any atom is -0.310 e. The summed E-state index contributed by atoms with van der Waals surface area (Å²) >= 11 is 0. The van der Waals surface area contributed by atoms with Gasteiger partial charge in [0, 0.05) is 39.1 Å². The molecule has 1 heterocycles. The lowest BCUT2D eigenvalue weighted by Gasteiger charge is -2.26. The van der Waals surface area contributed by atoms with Gasteiger partial charge in [-0.05, 0) is 54.1 Å². The van der Waals surface area contributed by atoms with Gasteiger partial charge in [0.1, 0.15) is 5.82 Å². The van der Waals surface area contributed by atoms with Crippen LogP contribution >= 0.6 is 0 Å². The molecule has 0 radical (unpaired) electrons. The van der Waals surface area contributed by atoms with Crippen molar-refractivity contribution in [1.82, 2.24) is 9.97 Å². The van der Waals surface area contributed by atoms with E-state index < -0.39 is 5.82 Å². The van der Waals surface area contributed by atoms with Crippen molar-refractivity contribution in [2.75, 3.05) is 4.90 Å². The molecule has 0 unspecified atom stereocenters. The molecule has 7 rings (SSSR count). The molecule has 0 atom stereocenters. The van der Waals surface area contributed by atoms with Crippen LogP contribution in [0.5, 0.6) is 0 Å². The second-order valence-corrected chi connectivity index (χ2v) is 10.3. The molecule has 0 aliphatic carbocycles. The first kappa shape index (κ1) is 26.8. The maximum Gasteiger partial charge on any atom is 0.197 e. The predicted molar refractivity (Wildman–Crippen MR) is 177 cm³/mol. The molecule has 0 N–H and O–H groups in total.